The lowest BCUT2D eigenvalue weighted by Gasteiger charge is -2.25. The maximum atomic E-state index is 13.8. The van der Waals surface area contributed by atoms with Gasteiger partial charge in [-0.25, -0.2) is 4.39 Å². The zero-order valence-corrected chi connectivity index (χ0v) is 10.5. The van der Waals surface area contributed by atoms with Crippen LogP contribution in [0.15, 0.2) is 0 Å². The quantitative estimate of drug-likeness (QED) is 0.740. The number of nitrogens with two attached hydrogens (primary N) is 1. The minimum Gasteiger partial charge on any atom is -0.466 e. The molecule has 2 saturated carbocycles. The van der Waals surface area contributed by atoms with Gasteiger partial charge in [-0.05, 0) is 13.8 Å². The number of halogens is 1. The highest BCUT2D eigenvalue weighted by atomic mass is 19.1. The van der Waals surface area contributed by atoms with Crippen molar-refractivity contribution >= 4 is 11.9 Å². The van der Waals surface area contributed by atoms with E-state index in [0.29, 0.717) is 0 Å². The summed E-state index contributed by atoms with van der Waals surface area (Å²) in [6.45, 7) is 3.78. The van der Waals surface area contributed by atoms with Crippen LogP contribution >= 0.6 is 0 Å². The minimum atomic E-state index is -1.38. The predicted molar refractivity (Wildman–Crippen MR) is 60.2 cm³/mol. The van der Waals surface area contributed by atoms with Crippen LogP contribution in [0.25, 0.3) is 0 Å². The first-order valence-corrected chi connectivity index (χ1v) is 6.24. The van der Waals surface area contributed by atoms with E-state index in [9.17, 15) is 14.0 Å². The fourth-order valence-corrected chi connectivity index (χ4v) is 3.07. The second-order valence-corrected chi connectivity index (χ2v) is 4.86. The third-order valence-electron chi connectivity index (χ3n) is 3.83. The van der Waals surface area contributed by atoms with Crippen LogP contribution in [0.2, 0.25) is 0 Å². The molecule has 0 amide bonds. The van der Waals surface area contributed by atoms with Crippen LogP contribution in [-0.2, 0) is 19.1 Å². The zero-order valence-electron chi connectivity index (χ0n) is 10.5. The molecule has 2 aliphatic rings. The first kappa shape index (κ1) is 13.3. The lowest BCUT2D eigenvalue weighted by atomic mass is 9.91. The van der Waals surface area contributed by atoms with E-state index in [2.05, 4.69) is 0 Å². The molecule has 2 fully saturated rings. The topological polar surface area (TPSA) is 78.6 Å². The number of esters is 2. The molecular weight excluding hydrogens is 241 g/mol. The molecule has 18 heavy (non-hydrogen) atoms. The van der Waals surface area contributed by atoms with Crippen LogP contribution < -0.4 is 5.73 Å². The van der Waals surface area contributed by atoms with Gasteiger partial charge in [-0.2, -0.15) is 0 Å². The maximum absolute atomic E-state index is 13.8. The average Bonchev–Trinajstić information content (AvgIpc) is 2.99. The van der Waals surface area contributed by atoms with Gasteiger partial charge >= 0.3 is 11.9 Å². The summed E-state index contributed by atoms with van der Waals surface area (Å²) >= 11 is 0. The number of fused-ring (bicyclic) bond motifs is 1. The fourth-order valence-electron chi connectivity index (χ4n) is 3.07. The molecule has 2 rings (SSSR count). The first-order chi connectivity index (χ1) is 8.47. The molecule has 0 aromatic rings. The van der Waals surface area contributed by atoms with E-state index in [4.69, 9.17) is 15.2 Å². The van der Waals surface area contributed by atoms with Crippen LogP contribution in [0, 0.1) is 17.8 Å². The molecule has 5 atom stereocenters. The predicted octanol–water partition coefficient (Wildman–Crippen LogP) is 0.414. The molecule has 0 aromatic heterocycles. The largest absolute Gasteiger partial charge is 0.466 e. The first-order valence-electron chi connectivity index (χ1n) is 6.24. The van der Waals surface area contributed by atoms with Crippen LogP contribution in [-0.4, -0.2) is 36.9 Å². The number of hydrogen-bond acceptors (Lipinski definition) is 5. The molecule has 0 aliphatic heterocycles. The number of alkyl halides is 1. The van der Waals surface area contributed by atoms with E-state index in [1.165, 1.54) is 0 Å². The highest BCUT2D eigenvalue weighted by molar-refractivity contribution is 5.87. The SMILES string of the molecule is CCOC(=O)[C@H]1[C@H]2[C@@H]1[C@](N)(C(=O)OCC)C[C@H]2F. The normalized spacial score (nSPS) is 41.1. The van der Waals surface area contributed by atoms with Gasteiger partial charge in [-0.15, -0.1) is 0 Å². The second-order valence-electron chi connectivity index (χ2n) is 4.86. The van der Waals surface area contributed by atoms with Crippen molar-refractivity contribution in [2.24, 2.45) is 23.5 Å². The van der Waals surface area contributed by atoms with Crippen molar-refractivity contribution in [3.8, 4) is 0 Å². The van der Waals surface area contributed by atoms with Crippen LogP contribution in [0.1, 0.15) is 20.3 Å². The van der Waals surface area contributed by atoms with Gasteiger partial charge in [0.15, 0.2) is 0 Å². The van der Waals surface area contributed by atoms with E-state index in [1.54, 1.807) is 13.8 Å². The summed E-state index contributed by atoms with van der Waals surface area (Å²) in [6, 6.07) is 0. The molecule has 2 aliphatic carbocycles. The third-order valence-corrected chi connectivity index (χ3v) is 3.83. The summed E-state index contributed by atoms with van der Waals surface area (Å²) in [5, 5.41) is 0. The van der Waals surface area contributed by atoms with E-state index in [0.717, 1.165) is 0 Å². The van der Waals surface area contributed by atoms with Crippen molar-refractivity contribution in [2.45, 2.75) is 32.0 Å². The summed E-state index contributed by atoms with van der Waals surface area (Å²) in [5.74, 6) is -2.65. The van der Waals surface area contributed by atoms with Gasteiger partial charge < -0.3 is 15.2 Å². The number of rotatable bonds is 4. The Hall–Kier alpha value is -1.17. The Bertz CT molecular complexity index is 375. The van der Waals surface area contributed by atoms with E-state index in [-0.39, 0.29) is 19.6 Å². The van der Waals surface area contributed by atoms with E-state index < -0.39 is 41.4 Å². The van der Waals surface area contributed by atoms with Gasteiger partial charge in [0.1, 0.15) is 11.7 Å². The molecule has 0 heterocycles. The smallest absolute Gasteiger partial charge is 0.326 e. The standard InChI is InChI=1S/C12H18FNO4/c1-3-17-10(15)8-7-6(13)5-12(14,9(7)8)11(16)18-4-2/h6-9H,3-5,14H2,1-2H3/t6-,7+,8+,9+,12+/m1/s1. The molecule has 0 unspecified atom stereocenters. The Labute approximate surface area is 105 Å². The lowest BCUT2D eigenvalue weighted by molar-refractivity contribution is -0.152. The number of carbonyl (C=O) groups is 2. The molecule has 2 N–H and O–H groups in total. The van der Waals surface area contributed by atoms with Gasteiger partial charge in [0.2, 0.25) is 0 Å². The Morgan fingerprint density at radius 1 is 1.33 bits per heavy atom. The summed E-state index contributed by atoms with van der Waals surface area (Å²) in [7, 11) is 0. The molecule has 0 saturated heterocycles. The van der Waals surface area contributed by atoms with Crippen molar-refractivity contribution in [1.82, 2.24) is 0 Å². The van der Waals surface area contributed by atoms with Crippen molar-refractivity contribution in [2.75, 3.05) is 13.2 Å². The Morgan fingerprint density at radius 2 is 1.94 bits per heavy atom. The van der Waals surface area contributed by atoms with E-state index >= 15 is 0 Å². The molecule has 0 radical (unpaired) electrons. The van der Waals surface area contributed by atoms with Gasteiger partial charge in [0.25, 0.3) is 0 Å². The van der Waals surface area contributed by atoms with Gasteiger partial charge in [-0.1, -0.05) is 0 Å². The zero-order chi connectivity index (χ0) is 13.5. The van der Waals surface area contributed by atoms with E-state index in [1.807, 2.05) is 0 Å². The molecule has 6 heteroatoms. The van der Waals surface area contributed by atoms with Crippen molar-refractivity contribution in [3.05, 3.63) is 0 Å². The molecule has 0 spiro atoms. The van der Waals surface area contributed by atoms with Crippen molar-refractivity contribution < 1.29 is 23.5 Å². The monoisotopic (exact) mass is 259 g/mol. The average molecular weight is 259 g/mol. The highest BCUT2D eigenvalue weighted by Crippen LogP contribution is 2.63. The Balaban J connectivity index is 2.12. The van der Waals surface area contributed by atoms with Crippen molar-refractivity contribution in [3.63, 3.8) is 0 Å². The van der Waals surface area contributed by atoms with Crippen LogP contribution in [0.3, 0.4) is 0 Å². The molecule has 5 nitrogen and oxygen atoms in total. The summed E-state index contributed by atoms with van der Waals surface area (Å²) < 4.78 is 23.6. The Kier molecular flexibility index (Phi) is 3.31. The molecule has 102 valence electrons. The maximum Gasteiger partial charge on any atom is 0.326 e. The minimum absolute atomic E-state index is 0.0723. The molecule has 0 aromatic carbocycles. The number of carbonyl (C=O) groups excluding carboxylic acids is 2. The second kappa shape index (κ2) is 4.50. The van der Waals surface area contributed by atoms with Crippen LogP contribution in [0.4, 0.5) is 4.39 Å². The third kappa shape index (κ3) is 1.79. The summed E-state index contributed by atoms with van der Waals surface area (Å²) in [5.41, 5.74) is 4.59. The van der Waals surface area contributed by atoms with Crippen molar-refractivity contribution in [1.29, 1.82) is 0 Å². The number of hydrogen-bond donors (Lipinski definition) is 1. The Morgan fingerprint density at radius 3 is 2.50 bits per heavy atom. The molecular formula is C12H18FNO4. The van der Waals surface area contributed by atoms with Gasteiger partial charge in [-0.3, -0.25) is 9.59 Å². The highest BCUT2D eigenvalue weighted by Gasteiger charge is 2.75. The summed E-state index contributed by atoms with van der Waals surface area (Å²) in [4.78, 5) is 23.4. The fraction of sp³-hybridized carbons (Fsp3) is 0.833. The van der Waals surface area contributed by atoms with Crippen LogP contribution in [0.5, 0.6) is 0 Å². The number of ether oxygens (including phenoxy) is 2. The summed E-state index contributed by atoms with van der Waals surface area (Å²) in [6.07, 6.45) is -1.31. The van der Waals surface area contributed by atoms with Gasteiger partial charge in [0.05, 0.1) is 19.1 Å². The lowest BCUT2D eigenvalue weighted by Crippen LogP contribution is -2.51. The molecule has 0 bridgehead atoms. The van der Waals surface area contributed by atoms with Gasteiger partial charge in [0, 0.05) is 18.3 Å².